The van der Waals surface area contributed by atoms with Gasteiger partial charge in [-0.3, -0.25) is 4.79 Å². The molecule has 1 N–H and O–H groups in total. The molecule has 0 spiro atoms. The van der Waals surface area contributed by atoms with Crippen LogP contribution in [0.5, 0.6) is 5.88 Å². The van der Waals surface area contributed by atoms with Crippen molar-refractivity contribution in [1.82, 2.24) is 14.1 Å². The van der Waals surface area contributed by atoms with Gasteiger partial charge in [0.25, 0.3) is 11.8 Å². The first-order valence-corrected chi connectivity index (χ1v) is 8.13. The lowest BCUT2D eigenvalue weighted by molar-refractivity contribution is -0.123. The quantitative estimate of drug-likeness (QED) is 0.867. The molecule has 0 bridgehead atoms. The summed E-state index contributed by atoms with van der Waals surface area (Å²) < 4.78 is 19.3. The Balaban J connectivity index is 1.50. The van der Waals surface area contributed by atoms with Gasteiger partial charge < -0.3 is 19.7 Å². The molecule has 0 atom stereocenters. The molecule has 0 radical (unpaired) electrons. The second-order valence-electron chi connectivity index (χ2n) is 5.33. The summed E-state index contributed by atoms with van der Waals surface area (Å²) in [6.07, 6.45) is 4.54. The summed E-state index contributed by atoms with van der Waals surface area (Å²) in [5, 5.41) is 3.00. The number of hydrogen-bond acceptors (Lipinski definition) is 7. The Kier molecular flexibility index (Phi) is 4.87. The molecular formula is C13H20N4O3S. The van der Waals surface area contributed by atoms with Gasteiger partial charge in [0, 0.05) is 19.1 Å². The molecule has 1 saturated carbocycles. The van der Waals surface area contributed by atoms with Crippen molar-refractivity contribution in [2.75, 3.05) is 37.8 Å². The van der Waals surface area contributed by atoms with E-state index in [0.717, 1.165) is 43.5 Å². The van der Waals surface area contributed by atoms with Gasteiger partial charge in [-0.25, -0.2) is 0 Å². The van der Waals surface area contributed by atoms with Crippen molar-refractivity contribution in [1.29, 1.82) is 0 Å². The molecule has 1 amide bonds. The lowest BCUT2D eigenvalue weighted by atomic mass is 10.2. The zero-order valence-corrected chi connectivity index (χ0v) is 12.7. The molecule has 2 aliphatic rings. The molecule has 0 aromatic carbocycles. The highest BCUT2D eigenvalue weighted by Gasteiger charge is 2.21. The van der Waals surface area contributed by atoms with E-state index >= 15 is 0 Å². The molecule has 2 heterocycles. The minimum atomic E-state index is -0.0807. The summed E-state index contributed by atoms with van der Waals surface area (Å²) in [7, 11) is 0. The summed E-state index contributed by atoms with van der Waals surface area (Å²) in [4.78, 5) is 13.9. The summed E-state index contributed by atoms with van der Waals surface area (Å²) in [5.41, 5.74) is 0. The third-order valence-corrected chi connectivity index (χ3v) is 4.32. The number of carbonyl (C=O) groups is 1. The third kappa shape index (κ3) is 3.82. The maximum atomic E-state index is 11.9. The summed E-state index contributed by atoms with van der Waals surface area (Å²) >= 11 is 1.11. The average molecular weight is 312 g/mol. The zero-order chi connectivity index (χ0) is 14.5. The smallest absolute Gasteiger partial charge is 0.271 e. The number of aromatic nitrogens is 2. The lowest BCUT2D eigenvalue weighted by Gasteiger charge is -2.26. The highest BCUT2D eigenvalue weighted by atomic mass is 32.1. The van der Waals surface area contributed by atoms with Crippen LogP contribution in [0.2, 0.25) is 0 Å². The number of anilines is 1. The summed E-state index contributed by atoms with van der Waals surface area (Å²) in [6, 6.07) is 0.313. The van der Waals surface area contributed by atoms with Crippen molar-refractivity contribution in [2.24, 2.45) is 0 Å². The van der Waals surface area contributed by atoms with Crippen LogP contribution < -0.4 is 15.0 Å². The van der Waals surface area contributed by atoms with Crippen molar-refractivity contribution < 1.29 is 14.3 Å². The monoisotopic (exact) mass is 312 g/mol. The van der Waals surface area contributed by atoms with E-state index in [2.05, 4.69) is 19.0 Å². The van der Waals surface area contributed by atoms with Gasteiger partial charge in [-0.05, 0) is 12.8 Å². The van der Waals surface area contributed by atoms with Crippen LogP contribution in [0.25, 0.3) is 0 Å². The highest BCUT2D eigenvalue weighted by molar-refractivity contribution is 6.99. The standard InChI is InChI=1S/C13H20N4O3S/c18-11(14-10-3-1-2-4-10)9-20-13-12(15-21-16-13)17-5-7-19-8-6-17/h10H,1-9H2,(H,14,18). The zero-order valence-electron chi connectivity index (χ0n) is 11.9. The molecule has 2 fully saturated rings. The number of nitrogens with zero attached hydrogens (tertiary/aromatic N) is 3. The fraction of sp³-hybridized carbons (Fsp3) is 0.769. The number of hydrogen-bond donors (Lipinski definition) is 1. The molecule has 21 heavy (non-hydrogen) atoms. The number of ether oxygens (including phenoxy) is 2. The van der Waals surface area contributed by atoms with Crippen molar-refractivity contribution in [3.8, 4) is 5.88 Å². The number of carbonyl (C=O) groups excluding carboxylic acids is 1. The predicted octanol–water partition coefficient (Wildman–Crippen LogP) is 0.812. The molecule has 1 aromatic heterocycles. The topological polar surface area (TPSA) is 76.6 Å². The third-order valence-electron chi connectivity index (χ3n) is 3.81. The highest BCUT2D eigenvalue weighted by Crippen LogP contribution is 2.26. The number of nitrogens with one attached hydrogen (secondary N) is 1. The molecule has 1 aliphatic heterocycles. The van der Waals surface area contributed by atoms with Gasteiger partial charge >= 0.3 is 0 Å². The Bertz CT molecular complexity index is 470. The first-order valence-electron chi connectivity index (χ1n) is 7.40. The normalized spacial score (nSPS) is 19.7. The second kappa shape index (κ2) is 7.04. The van der Waals surface area contributed by atoms with Gasteiger partial charge in [-0.1, -0.05) is 12.8 Å². The van der Waals surface area contributed by atoms with Crippen molar-refractivity contribution >= 4 is 23.5 Å². The van der Waals surface area contributed by atoms with E-state index in [4.69, 9.17) is 9.47 Å². The number of morpholine rings is 1. The maximum absolute atomic E-state index is 11.9. The van der Waals surface area contributed by atoms with Crippen LogP contribution in [0.15, 0.2) is 0 Å². The van der Waals surface area contributed by atoms with E-state index in [9.17, 15) is 4.79 Å². The van der Waals surface area contributed by atoms with Crippen molar-refractivity contribution in [3.05, 3.63) is 0 Å². The van der Waals surface area contributed by atoms with Crippen LogP contribution in [-0.2, 0) is 9.53 Å². The summed E-state index contributed by atoms with van der Waals surface area (Å²) in [5.74, 6) is 1.09. The van der Waals surface area contributed by atoms with Gasteiger partial charge in [-0.15, -0.1) is 4.37 Å². The van der Waals surface area contributed by atoms with Gasteiger partial charge in [0.2, 0.25) is 5.82 Å². The summed E-state index contributed by atoms with van der Waals surface area (Å²) in [6.45, 7) is 2.91. The van der Waals surface area contributed by atoms with Crippen LogP contribution >= 0.6 is 11.7 Å². The SMILES string of the molecule is O=C(COc1nsnc1N1CCOCC1)NC1CCCC1. The van der Waals surface area contributed by atoms with E-state index < -0.39 is 0 Å². The van der Waals surface area contributed by atoms with Crippen LogP contribution in [0, 0.1) is 0 Å². The minimum absolute atomic E-state index is 0.000741. The number of amides is 1. The first-order chi connectivity index (χ1) is 10.3. The fourth-order valence-corrected chi connectivity index (χ4v) is 3.23. The number of rotatable bonds is 5. The van der Waals surface area contributed by atoms with E-state index in [1.165, 1.54) is 12.8 Å². The Morgan fingerprint density at radius 2 is 2.10 bits per heavy atom. The Morgan fingerprint density at radius 3 is 2.86 bits per heavy atom. The van der Waals surface area contributed by atoms with Crippen LogP contribution in [-0.4, -0.2) is 53.6 Å². The van der Waals surface area contributed by atoms with Gasteiger partial charge in [0.05, 0.1) is 24.9 Å². The Morgan fingerprint density at radius 1 is 1.33 bits per heavy atom. The van der Waals surface area contributed by atoms with Gasteiger partial charge in [0.1, 0.15) is 0 Å². The Labute approximate surface area is 127 Å². The molecule has 1 aromatic rings. The van der Waals surface area contributed by atoms with Crippen molar-refractivity contribution in [2.45, 2.75) is 31.7 Å². The van der Waals surface area contributed by atoms with Gasteiger partial charge in [-0.2, -0.15) is 4.37 Å². The molecule has 1 saturated heterocycles. The second-order valence-corrected chi connectivity index (χ2v) is 5.86. The molecule has 3 rings (SSSR count). The first kappa shape index (κ1) is 14.5. The molecule has 8 heteroatoms. The predicted molar refractivity (Wildman–Crippen MR) is 78.8 cm³/mol. The Hall–Kier alpha value is -1.41. The maximum Gasteiger partial charge on any atom is 0.271 e. The molecule has 0 unspecified atom stereocenters. The fourth-order valence-electron chi connectivity index (χ4n) is 2.71. The molecule has 7 nitrogen and oxygen atoms in total. The minimum Gasteiger partial charge on any atom is -0.464 e. The van der Waals surface area contributed by atoms with Crippen LogP contribution in [0.1, 0.15) is 25.7 Å². The average Bonchev–Trinajstić information content (AvgIpc) is 3.17. The molecule has 1 aliphatic carbocycles. The van der Waals surface area contributed by atoms with E-state index in [0.29, 0.717) is 25.1 Å². The lowest BCUT2D eigenvalue weighted by Crippen LogP contribution is -2.37. The molecular weight excluding hydrogens is 292 g/mol. The van der Waals surface area contributed by atoms with Crippen LogP contribution in [0.3, 0.4) is 0 Å². The largest absolute Gasteiger partial charge is 0.464 e. The molecule has 116 valence electrons. The van der Waals surface area contributed by atoms with Gasteiger partial charge in [0.15, 0.2) is 6.61 Å². The van der Waals surface area contributed by atoms with Crippen molar-refractivity contribution in [3.63, 3.8) is 0 Å². The van der Waals surface area contributed by atoms with Crippen LogP contribution in [0.4, 0.5) is 5.82 Å². The van der Waals surface area contributed by atoms with E-state index in [1.807, 2.05) is 0 Å². The van der Waals surface area contributed by atoms with E-state index in [-0.39, 0.29) is 12.5 Å². The van der Waals surface area contributed by atoms with E-state index in [1.54, 1.807) is 0 Å².